The van der Waals surface area contributed by atoms with Crippen LogP contribution in [0.5, 0.6) is 0 Å². The van der Waals surface area contributed by atoms with E-state index < -0.39 is 6.04 Å². The number of aryl methyl sites for hydroxylation is 2. The maximum atomic E-state index is 12.2. The number of thiazole rings is 1. The first-order valence-electron chi connectivity index (χ1n) is 8.08. The number of aromatic nitrogens is 1. The molecule has 0 radical (unpaired) electrons. The van der Waals surface area contributed by atoms with Gasteiger partial charge in [0.2, 0.25) is 11.8 Å². The molecular weight excluding hydrogens is 326 g/mol. The number of furan rings is 1. The Bertz CT molecular complexity index is 761. The van der Waals surface area contributed by atoms with E-state index in [1.54, 1.807) is 6.92 Å². The monoisotopic (exact) mass is 347 g/mol. The van der Waals surface area contributed by atoms with Crippen molar-refractivity contribution in [1.82, 2.24) is 10.3 Å². The Kier molecular flexibility index (Phi) is 4.71. The van der Waals surface area contributed by atoms with Crippen molar-refractivity contribution in [1.29, 1.82) is 0 Å². The number of rotatable bonds is 5. The van der Waals surface area contributed by atoms with Crippen molar-refractivity contribution in [2.24, 2.45) is 5.92 Å². The highest BCUT2D eigenvalue weighted by molar-refractivity contribution is 7.14. The third-order valence-corrected chi connectivity index (χ3v) is 5.04. The highest BCUT2D eigenvalue weighted by Crippen LogP contribution is 2.29. The molecule has 128 valence electrons. The number of hydrogen-bond donors (Lipinski definition) is 2. The van der Waals surface area contributed by atoms with Gasteiger partial charge in [-0.2, -0.15) is 0 Å². The van der Waals surface area contributed by atoms with Crippen LogP contribution in [0, 0.1) is 19.8 Å². The molecule has 0 aromatic carbocycles. The molecular formula is C17H21N3O3S. The number of carbonyl (C=O) groups is 2. The lowest BCUT2D eigenvalue weighted by Gasteiger charge is -2.25. The van der Waals surface area contributed by atoms with Crippen LogP contribution in [0.3, 0.4) is 0 Å². The van der Waals surface area contributed by atoms with Crippen LogP contribution in [-0.2, 0) is 9.59 Å². The molecule has 2 aromatic rings. The van der Waals surface area contributed by atoms with E-state index in [-0.39, 0.29) is 17.7 Å². The zero-order valence-electron chi connectivity index (χ0n) is 14.0. The fourth-order valence-electron chi connectivity index (χ4n) is 2.62. The van der Waals surface area contributed by atoms with Crippen LogP contribution in [0.15, 0.2) is 15.9 Å². The molecule has 1 fully saturated rings. The number of hydrogen-bond acceptors (Lipinski definition) is 5. The normalized spacial score (nSPS) is 15.6. The van der Waals surface area contributed by atoms with Gasteiger partial charge in [-0.25, -0.2) is 4.98 Å². The first-order valence-corrected chi connectivity index (χ1v) is 8.96. The fraction of sp³-hybridized carbons (Fsp3) is 0.471. The van der Waals surface area contributed by atoms with Gasteiger partial charge in [0, 0.05) is 16.9 Å². The van der Waals surface area contributed by atoms with Gasteiger partial charge in [0.05, 0.1) is 5.69 Å². The number of amides is 2. The Morgan fingerprint density at radius 1 is 1.38 bits per heavy atom. The molecule has 1 aliphatic carbocycles. The largest absolute Gasteiger partial charge is 0.466 e. The second kappa shape index (κ2) is 6.76. The van der Waals surface area contributed by atoms with Crippen LogP contribution in [0.2, 0.25) is 0 Å². The van der Waals surface area contributed by atoms with Crippen molar-refractivity contribution in [3.8, 4) is 11.3 Å². The molecule has 1 atom stereocenters. The summed E-state index contributed by atoms with van der Waals surface area (Å²) in [5.74, 6) is 1.40. The number of anilines is 1. The Morgan fingerprint density at radius 3 is 2.71 bits per heavy atom. The molecule has 7 heteroatoms. The molecule has 0 spiro atoms. The Morgan fingerprint density at radius 2 is 2.12 bits per heavy atom. The van der Waals surface area contributed by atoms with Gasteiger partial charge in [-0.1, -0.05) is 6.42 Å². The molecule has 6 nitrogen and oxygen atoms in total. The zero-order valence-corrected chi connectivity index (χ0v) is 14.8. The van der Waals surface area contributed by atoms with E-state index in [9.17, 15) is 9.59 Å². The maximum absolute atomic E-state index is 12.2. The lowest BCUT2D eigenvalue weighted by Crippen LogP contribution is -2.45. The first kappa shape index (κ1) is 16.7. The van der Waals surface area contributed by atoms with E-state index >= 15 is 0 Å². The minimum absolute atomic E-state index is 0.0341. The molecule has 0 unspecified atom stereocenters. The lowest BCUT2D eigenvalue weighted by atomic mass is 9.84. The molecule has 0 bridgehead atoms. The predicted molar refractivity (Wildman–Crippen MR) is 92.9 cm³/mol. The van der Waals surface area contributed by atoms with Crippen molar-refractivity contribution in [3.05, 3.63) is 23.0 Å². The highest BCUT2D eigenvalue weighted by Gasteiger charge is 2.27. The van der Waals surface area contributed by atoms with E-state index in [1.165, 1.54) is 11.3 Å². The van der Waals surface area contributed by atoms with Gasteiger partial charge >= 0.3 is 0 Å². The van der Waals surface area contributed by atoms with Crippen LogP contribution in [0.25, 0.3) is 11.3 Å². The van der Waals surface area contributed by atoms with Gasteiger partial charge in [-0.3, -0.25) is 9.59 Å². The third kappa shape index (κ3) is 3.51. The van der Waals surface area contributed by atoms with Crippen molar-refractivity contribution in [3.63, 3.8) is 0 Å². The SMILES string of the molecule is Cc1cc(-c2csc(NC(=O)[C@H](C)NC(=O)C3CCC3)n2)c(C)o1. The fourth-order valence-corrected chi connectivity index (χ4v) is 3.33. The van der Waals surface area contributed by atoms with Crippen LogP contribution in [0.4, 0.5) is 5.13 Å². The Labute approximate surface area is 144 Å². The lowest BCUT2D eigenvalue weighted by molar-refractivity contribution is -0.130. The standard InChI is InChI=1S/C17H21N3O3S/c1-9-7-13(11(3)23-9)14-8-24-17(19-14)20-15(21)10(2)18-16(22)12-5-4-6-12/h7-8,10,12H,4-6H2,1-3H3,(H,18,22)(H,19,20,21)/t10-/m0/s1. The van der Waals surface area contributed by atoms with Crippen LogP contribution >= 0.6 is 11.3 Å². The van der Waals surface area contributed by atoms with Crippen molar-refractivity contribution >= 4 is 28.3 Å². The predicted octanol–water partition coefficient (Wildman–Crippen LogP) is 3.26. The quantitative estimate of drug-likeness (QED) is 0.869. The Hall–Kier alpha value is -2.15. The summed E-state index contributed by atoms with van der Waals surface area (Å²) in [6.45, 7) is 5.46. The minimum Gasteiger partial charge on any atom is -0.466 e. The van der Waals surface area contributed by atoms with E-state index in [4.69, 9.17) is 4.42 Å². The van der Waals surface area contributed by atoms with Gasteiger partial charge in [-0.15, -0.1) is 11.3 Å². The molecule has 3 rings (SSSR count). The molecule has 2 N–H and O–H groups in total. The molecule has 2 heterocycles. The Balaban J connectivity index is 1.60. The summed E-state index contributed by atoms with van der Waals surface area (Å²) < 4.78 is 5.51. The number of carbonyl (C=O) groups excluding carboxylic acids is 2. The molecule has 0 saturated heterocycles. The van der Waals surface area contributed by atoms with E-state index in [1.807, 2.05) is 25.3 Å². The minimum atomic E-state index is -0.580. The molecule has 0 aliphatic heterocycles. The van der Waals surface area contributed by atoms with Gasteiger partial charge in [0.15, 0.2) is 5.13 Å². The average molecular weight is 347 g/mol. The van der Waals surface area contributed by atoms with E-state index in [2.05, 4.69) is 15.6 Å². The van der Waals surface area contributed by atoms with Crippen LogP contribution < -0.4 is 10.6 Å². The summed E-state index contributed by atoms with van der Waals surface area (Å²) in [6.07, 6.45) is 2.92. The molecule has 1 saturated carbocycles. The zero-order chi connectivity index (χ0) is 17.3. The summed E-state index contributed by atoms with van der Waals surface area (Å²) in [5, 5.41) is 7.92. The van der Waals surface area contributed by atoms with Gasteiger partial charge in [0.25, 0.3) is 0 Å². The second-order valence-corrected chi connectivity index (χ2v) is 7.07. The van der Waals surface area contributed by atoms with Crippen molar-refractivity contribution in [2.45, 2.75) is 46.1 Å². The molecule has 2 aromatic heterocycles. The van der Waals surface area contributed by atoms with Gasteiger partial charge < -0.3 is 15.1 Å². The number of nitrogens with zero attached hydrogens (tertiary/aromatic N) is 1. The smallest absolute Gasteiger partial charge is 0.248 e. The van der Waals surface area contributed by atoms with Crippen LogP contribution in [-0.4, -0.2) is 22.8 Å². The van der Waals surface area contributed by atoms with Gasteiger partial charge in [-0.05, 0) is 39.7 Å². The summed E-state index contributed by atoms with van der Waals surface area (Å²) in [6, 6.07) is 1.35. The first-order chi connectivity index (χ1) is 11.4. The molecule has 2 amide bonds. The van der Waals surface area contributed by atoms with Crippen molar-refractivity contribution < 1.29 is 14.0 Å². The summed E-state index contributed by atoms with van der Waals surface area (Å²) in [5.41, 5.74) is 1.70. The molecule has 24 heavy (non-hydrogen) atoms. The summed E-state index contributed by atoms with van der Waals surface area (Å²) in [7, 11) is 0. The van der Waals surface area contributed by atoms with Gasteiger partial charge in [0.1, 0.15) is 17.6 Å². The van der Waals surface area contributed by atoms with E-state index in [0.717, 1.165) is 42.0 Å². The average Bonchev–Trinajstić information content (AvgIpc) is 3.02. The van der Waals surface area contributed by atoms with Crippen molar-refractivity contribution in [2.75, 3.05) is 5.32 Å². The number of nitrogens with one attached hydrogen (secondary N) is 2. The summed E-state index contributed by atoms with van der Waals surface area (Å²) >= 11 is 1.35. The maximum Gasteiger partial charge on any atom is 0.248 e. The van der Waals surface area contributed by atoms with Crippen LogP contribution in [0.1, 0.15) is 37.7 Å². The highest BCUT2D eigenvalue weighted by atomic mass is 32.1. The second-order valence-electron chi connectivity index (χ2n) is 6.21. The molecule has 1 aliphatic rings. The third-order valence-electron chi connectivity index (χ3n) is 4.28. The summed E-state index contributed by atoms with van der Waals surface area (Å²) in [4.78, 5) is 28.6. The van der Waals surface area contributed by atoms with E-state index in [0.29, 0.717) is 5.13 Å². The topological polar surface area (TPSA) is 84.2 Å².